The predicted octanol–water partition coefficient (Wildman–Crippen LogP) is 0.878. The minimum atomic E-state index is -1.34. The third-order valence-corrected chi connectivity index (χ3v) is 2.38. The first kappa shape index (κ1) is 13.3. The van der Waals surface area contributed by atoms with Crippen LogP contribution in [0.2, 0.25) is 5.02 Å². The molecule has 0 fully saturated rings. The Labute approximate surface area is 98.1 Å². The number of halogens is 2. The highest BCUT2D eigenvalue weighted by Gasteiger charge is 2.22. The van der Waals surface area contributed by atoms with Gasteiger partial charge in [-0.2, -0.15) is 0 Å². The molecule has 2 atom stereocenters. The summed E-state index contributed by atoms with van der Waals surface area (Å²) in [5.74, 6) is -0.719. The smallest absolute Gasteiger partial charge is 0.148 e. The number of nitrogens with one attached hydrogen (secondary N) is 1. The third kappa shape index (κ3) is 3.38. The maximum atomic E-state index is 13.3. The van der Waals surface area contributed by atoms with E-state index >= 15 is 0 Å². The second-order valence-corrected chi connectivity index (χ2v) is 3.86. The fourth-order valence-electron chi connectivity index (χ4n) is 1.28. The van der Waals surface area contributed by atoms with Gasteiger partial charge in [-0.25, -0.2) is 4.39 Å². The lowest BCUT2D eigenvalue weighted by molar-refractivity contribution is 0.00930. The van der Waals surface area contributed by atoms with Crippen molar-refractivity contribution in [3.05, 3.63) is 28.8 Å². The van der Waals surface area contributed by atoms with Crippen molar-refractivity contribution in [1.82, 2.24) is 10.3 Å². The number of aliphatic hydroxyl groups is 2. The van der Waals surface area contributed by atoms with Gasteiger partial charge in [-0.1, -0.05) is 11.6 Å². The van der Waals surface area contributed by atoms with E-state index in [9.17, 15) is 14.6 Å². The molecule has 0 spiro atoms. The van der Waals surface area contributed by atoms with Crippen LogP contribution in [-0.2, 0) is 0 Å². The number of hydrogen-bond donors (Lipinski definition) is 3. The van der Waals surface area contributed by atoms with Gasteiger partial charge < -0.3 is 15.5 Å². The number of hydrogen-bond acceptors (Lipinski definition) is 4. The molecule has 0 aliphatic carbocycles. The maximum absolute atomic E-state index is 13.3. The van der Waals surface area contributed by atoms with E-state index in [-0.39, 0.29) is 10.7 Å². The first-order valence-electron chi connectivity index (χ1n) is 4.88. The molecule has 4 nitrogen and oxygen atoms in total. The molecule has 1 aromatic heterocycles. The van der Waals surface area contributed by atoms with Gasteiger partial charge in [-0.05, 0) is 26.1 Å². The minimum absolute atomic E-state index is 0.151. The number of nitrogens with zero attached hydrogens (tertiary/aromatic N) is 1. The summed E-state index contributed by atoms with van der Waals surface area (Å²) in [5, 5.41) is 22.2. The lowest BCUT2D eigenvalue weighted by Gasteiger charge is -2.17. The Bertz CT molecular complexity index is 352. The van der Waals surface area contributed by atoms with Crippen LogP contribution in [0.1, 0.15) is 18.2 Å². The molecule has 3 N–H and O–H groups in total. The van der Waals surface area contributed by atoms with Crippen LogP contribution < -0.4 is 5.32 Å². The Balaban J connectivity index is 2.75. The summed E-state index contributed by atoms with van der Waals surface area (Å²) >= 11 is 5.53. The summed E-state index contributed by atoms with van der Waals surface area (Å²) in [4.78, 5) is 3.67. The largest absolute Gasteiger partial charge is 0.390 e. The van der Waals surface area contributed by atoms with Crippen molar-refractivity contribution in [2.75, 3.05) is 13.6 Å². The Morgan fingerprint density at radius 1 is 1.56 bits per heavy atom. The average molecular weight is 249 g/mol. The normalized spacial score (nSPS) is 14.8. The molecular formula is C10H14ClFN2O2. The van der Waals surface area contributed by atoms with E-state index in [4.69, 9.17) is 11.6 Å². The summed E-state index contributed by atoms with van der Waals surface area (Å²) in [6, 6.07) is 1.05. The third-order valence-electron chi connectivity index (χ3n) is 2.17. The van der Waals surface area contributed by atoms with Crippen LogP contribution in [0.5, 0.6) is 0 Å². The summed E-state index contributed by atoms with van der Waals surface area (Å²) in [6.45, 7) is 0.521. The zero-order chi connectivity index (χ0) is 12.1. The molecule has 0 saturated heterocycles. The van der Waals surface area contributed by atoms with Gasteiger partial charge in [0, 0.05) is 6.20 Å². The summed E-state index contributed by atoms with van der Waals surface area (Å²) in [7, 11) is 1.72. The fourth-order valence-corrected chi connectivity index (χ4v) is 1.42. The molecule has 0 aliphatic rings. The van der Waals surface area contributed by atoms with E-state index in [1.807, 2.05) is 0 Å². The van der Waals surface area contributed by atoms with Crippen molar-refractivity contribution < 1.29 is 14.6 Å². The molecule has 16 heavy (non-hydrogen) atoms. The van der Waals surface area contributed by atoms with Crippen LogP contribution in [0.15, 0.2) is 12.3 Å². The standard InChI is InChI=1S/C10H14ClFN2O2/c1-13-3-2-8(15)10(16)9-7(12)4-6(11)5-14-9/h4-5,8,10,13,15-16H,2-3H2,1H3. The van der Waals surface area contributed by atoms with Crippen molar-refractivity contribution in [2.45, 2.75) is 18.6 Å². The zero-order valence-corrected chi connectivity index (χ0v) is 9.58. The summed E-state index contributed by atoms with van der Waals surface area (Å²) in [6.07, 6.45) is -0.865. The Morgan fingerprint density at radius 2 is 2.25 bits per heavy atom. The molecule has 90 valence electrons. The van der Waals surface area contributed by atoms with E-state index in [1.54, 1.807) is 7.05 Å². The lowest BCUT2D eigenvalue weighted by atomic mass is 10.1. The molecule has 0 saturated carbocycles. The van der Waals surface area contributed by atoms with Crippen LogP contribution in [0.25, 0.3) is 0 Å². The number of aliphatic hydroxyl groups excluding tert-OH is 2. The van der Waals surface area contributed by atoms with Gasteiger partial charge in [0.1, 0.15) is 17.6 Å². The maximum Gasteiger partial charge on any atom is 0.148 e. The van der Waals surface area contributed by atoms with Crippen LogP contribution in [-0.4, -0.2) is 34.9 Å². The molecular weight excluding hydrogens is 235 g/mol. The number of pyridine rings is 1. The van der Waals surface area contributed by atoms with Crippen LogP contribution in [0.3, 0.4) is 0 Å². The molecule has 0 aliphatic heterocycles. The van der Waals surface area contributed by atoms with E-state index < -0.39 is 18.0 Å². The number of rotatable bonds is 5. The fraction of sp³-hybridized carbons (Fsp3) is 0.500. The van der Waals surface area contributed by atoms with E-state index in [2.05, 4.69) is 10.3 Å². The van der Waals surface area contributed by atoms with Gasteiger partial charge in [0.2, 0.25) is 0 Å². The highest BCUT2D eigenvalue weighted by Crippen LogP contribution is 2.21. The van der Waals surface area contributed by atoms with Crippen molar-refractivity contribution in [1.29, 1.82) is 0 Å². The van der Waals surface area contributed by atoms with Crippen molar-refractivity contribution >= 4 is 11.6 Å². The monoisotopic (exact) mass is 248 g/mol. The van der Waals surface area contributed by atoms with E-state index in [0.717, 1.165) is 6.07 Å². The molecule has 0 amide bonds. The Morgan fingerprint density at radius 3 is 2.81 bits per heavy atom. The first-order chi connectivity index (χ1) is 7.56. The SMILES string of the molecule is CNCCC(O)C(O)c1ncc(Cl)cc1F. The molecule has 0 aromatic carbocycles. The molecule has 1 heterocycles. The summed E-state index contributed by atoms with van der Waals surface area (Å²) < 4.78 is 13.3. The van der Waals surface area contributed by atoms with Crippen LogP contribution in [0.4, 0.5) is 4.39 Å². The van der Waals surface area contributed by atoms with Gasteiger partial charge in [0.05, 0.1) is 11.1 Å². The summed E-state index contributed by atoms with van der Waals surface area (Å²) in [5.41, 5.74) is -0.187. The first-order valence-corrected chi connectivity index (χ1v) is 5.25. The zero-order valence-electron chi connectivity index (χ0n) is 8.82. The predicted molar refractivity (Wildman–Crippen MR) is 58.7 cm³/mol. The quantitative estimate of drug-likeness (QED) is 0.724. The Kier molecular flexibility index (Phi) is 5.08. The van der Waals surface area contributed by atoms with Gasteiger partial charge in [0.15, 0.2) is 0 Å². The van der Waals surface area contributed by atoms with Gasteiger partial charge in [-0.3, -0.25) is 4.98 Å². The topological polar surface area (TPSA) is 65.4 Å². The minimum Gasteiger partial charge on any atom is -0.390 e. The van der Waals surface area contributed by atoms with E-state index in [0.29, 0.717) is 13.0 Å². The van der Waals surface area contributed by atoms with Crippen molar-refractivity contribution in [2.24, 2.45) is 0 Å². The Hall–Kier alpha value is -0.750. The molecule has 1 rings (SSSR count). The van der Waals surface area contributed by atoms with E-state index in [1.165, 1.54) is 6.20 Å². The highest BCUT2D eigenvalue weighted by atomic mass is 35.5. The molecule has 0 radical (unpaired) electrons. The van der Waals surface area contributed by atoms with Crippen LogP contribution in [0, 0.1) is 5.82 Å². The second-order valence-electron chi connectivity index (χ2n) is 3.43. The lowest BCUT2D eigenvalue weighted by Crippen LogP contribution is -2.24. The molecule has 1 aromatic rings. The molecule has 0 bridgehead atoms. The van der Waals surface area contributed by atoms with Crippen molar-refractivity contribution in [3.63, 3.8) is 0 Å². The van der Waals surface area contributed by atoms with Crippen LogP contribution >= 0.6 is 11.6 Å². The molecule has 6 heteroatoms. The van der Waals surface area contributed by atoms with Gasteiger partial charge in [0.25, 0.3) is 0 Å². The number of aromatic nitrogens is 1. The van der Waals surface area contributed by atoms with Crippen molar-refractivity contribution in [3.8, 4) is 0 Å². The second kappa shape index (κ2) is 6.10. The molecule has 2 unspecified atom stereocenters. The average Bonchev–Trinajstić information content (AvgIpc) is 2.25. The van der Waals surface area contributed by atoms with Gasteiger partial charge in [-0.15, -0.1) is 0 Å². The highest BCUT2D eigenvalue weighted by molar-refractivity contribution is 6.30. The van der Waals surface area contributed by atoms with Gasteiger partial charge >= 0.3 is 0 Å².